The van der Waals surface area contributed by atoms with Gasteiger partial charge in [-0.1, -0.05) is 13.3 Å². The fourth-order valence-corrected chi connectivity index (χ4v) is 3.84. The number of unbranched alkanes of at least 4 members (excludes halogenated alkanes) is 1. The van der Waals surface area contributed by atoms with Crippen LogP contribution in [-0.4, -0.2) is 50.6 Å². The van der Waals surface area contributed by atoms with Crippen LogP contribution in [0.25, 0.3) is 0 Å². The van der Waals surface area contributed by atoms with E-state index in [1.807, 2.05) is 0 Å². The van der Waals surface area contributed by atoms with Crippen molar-refractivity contribution in [3.05, 3.63) is 0 Å². The SMILES string of the molecule is CCCCN(c1nc(N)nc(N)n1)C1CC(C)(C)N(C)C(C)(C)C1. The molecule has 1 aliphatic rings. The van der Waals surface area contributed by atoms with E-state index in [2.05, 4.69) is 66.4 Å². The number of aromatic nitrogens is 3. The molecule has 7 heteroatoms. The molecular weight excluding hydrogens is 302 g/mol. The van der Waals surface area contributed by atoms with E-state index in [9.17, 15) is 0 Å². The Labute approximate surface area is 145 Å². The zero-order chi connectivity index (χ0) is 18.1. The maximum atomic E-state index is 5.81. The Bertz CT molecular complexity index is 532. The van der Waals surface area contributed by atoms with Crippen LogP contribution in [0, 0.1) is 0 Å². The topological polar surface area (TPSA) is 97.2 Å². The van der Waals surface area contributed by atoms with E-state index in [0.29, 0.717) is 12.0 Å². The van der Waals surface area contributed by atoms with Gasteiger partial charge >= 0.3 is 0 Å². The average molecular weight is 336 g/mol. The number of nitrogens with two attached hydrogens (primary N) is 2. The molecule has 0 bridgehead atoms. The molecule has 0 radical (unpaired) electrons. The standard InChI is InChI=1S/C17H33N7/c1-7-8-9-24(15-21-13(18)20-14(19)22-15)12-10-16(2,3)23(6)17(4,5)11-12/h12H,7-11H2,1-6H3,(H4,18,19,20,21,22). The maximum Gasteiger partial charge on any atom is 0.232 e. The summed E-state index contributed by atoms with van der Waals surface area (Å²) in [4.78, 5) is 17.4. The summed E-state index contributed by atoms with van der Waals surface area (Å²) >= 11 is 0. The van der Waals surface area contributed by atoms with E-state index in [0.717, 1.165) is 32.2 Å². The molecule has 0 atom stereocenters. The zero-order valence-corrected chi connectivity index (χ0v) is 16.0. The van der Waals surface area contributed by atoms with Crippen LogP contribution in [0.5, 0.6) is 0 Å². The van der Waals surface area contributed by atoms with Gasteiger partial charge in [0.15, 0.2) is 0 Å². The van der Waals surface area contributed by atoms with Crippen molar-refractivity contribution in [1.29, 1.82) is 0 Å². The molecule has 1 fully saturated rings. The highest BCUT2D eigenvalue weighted by molar-refractivity contribution is 5.41. The number of anilines is 3. The quantitative estimate of drug-likeness (QED) is 0.852. The second-order valence-corrected chi connectivity index (χ2v) is 8.14. The molecule has 2 rings (SSSR count). The van der Waals surface area contributed by atoms with Gasteiger partial charge in [-0.2, -0.15) is 15.0 Å². The van der Waals surface area contributed by atoms with Gasteiger partial charge < -0.3 is 16.4 Å². The number of nitrogens with zero attached hydrogens (tertiary/aromatic N) is 5. The van der Waals surface area contributed by atoms with Crippen molar-refractivity contribution in [2.24, 2.45) is 0 Å². The predicted octanol–water partition coefficient (Wildman–Crippen LogP) is 2.29. The molecule has 0 saturated carbocycles. The first-order valence-corrected chi connectivity index (χ1v) is 8.84. The second-order valence-electron chi connectivity index (χ2n) is 8.14. The van der Waals surface area contributed by atoms with Gasteiger partial charge in [-0.3, -0.25) is 4.90 Å². The Hall–Kier alpha value is -1.63. The Balaban J connectivity index is 2.37. The molecule has 1 saturated heterocycles. The molecule has 2 heterocycles. The number of nitrogen functional groups attached to an aromatic ring is 2. The molecule has 0 amide bonds. The third-order valence-electron chi connectivity index (χ3n) is 5.39. The van der Waals surface area contributed by atoms with Crippen molar-refractivity contribution in [2.45, 2.75) is 77.4 Å². The van der Waals surface area contributed by atoms with E-state index in [1.165, 1.54) is 0 Å². The minimum absolute atomic E-state index is 0.0982. The van der Waals surface area contributed by atoms with E-state index in [-0.39, 0.29) is 23.0 Å². The molecule has 0 spiro atoms. The zero-order valence-electron chi connectivity index (χ0n) is 16.0. The highest BCUT2D eigenvalue weighted by Crippen LogP contribution is 2.39. The van der Waals surface area contributed by atoms with Crippen LogP contribution in [0.3, 0.4) is 0 Å². The van der Waals surface area contributed by atoms with Crippen LogP contribution in [0.2, 0.25) is 0 Å². The molecule has 7 nitrogen and oxygen atoms in total. The fourth-order valence-electron chi connectivity index (χ4n) is 3.84. The molecule has 1 aliphatic heterocycles. The van der Waals surface area contributed by atoms with E-state index in [4.69, 9.17) is 11.5 Å². The van der Waals surface area contributed by atoms with E-state index in [1.54, 1.807) is 0 Å². The number of hydrogen-bond donors (Lipinski definition) is 2. The summed E-state index contributed by atoms with van der Waals surface area (Å²) in [6.07, 6.45) is 4.29. The summed E-state index contributed by atoms with van der Waals surface area (Å²) in [6.45, 7) is 12.3. The highest BCUT2D eigenvalue weighted by atomic mass is 15.3. The van der Waals surface area contributed by atoms with Crippen LogP contribution in [0.1, 0.15) is 60.3 Å². The Morgan fingerprint density at radius 1 is 1.04 bits per heavy atom. The second kappa shape index (κ2) is 6.70. The van der Waals surface area contributed by atoms with Crippen molar-refractivity contribution in [3.8, 4) is 0 Å². The number of likely N-dealkylation sites (tertiary alicyclic amines) is 1. The minimum Gasteiger partial charge on any atom is -0.368 e. The molecular formula is C17H33N7. The van der Waals surface area contributed by atoms with Crippen LogP contribution in [-0.2, 0) is 0 Å². The van der Waals surface area contributed by atoms with E-state index >= 15 is 0 Å². The molecule has 0 aliphatic carbocycles. The largest absolute Gasteiger partial charge is 0.368 e. The van der Waals surface area contributed by atoms with Crippen LogP contribution in [0.15, 0.2) is 0 Å². The van der Waals surface area contributed by atoms with Crippen molar-refractivity contribution in [3.63, 3.8) is 0 Å². The molecule has 0 unspecified atom stereocenters. The summed E-state index contributed by atoms with van der Waals surface area (Å²) in [7, 11) is 2.21. The van der Waals surface area contributed by atoms with Gasteiger partial charge in [0.25, 0.3) is 0 Å². The summed E-state index contributed by atoms with van der Waals surface area (Å²) in [5.41, 5.74) is 11.8. The smallest absolute Gasteiger partial charge is 0.232 e. The van der Waals surface area contributed by atoms with Crippen LogP contribution in [0.4, 0.5) is 17.8 Å². The Kier molecular flexibility index (Phi) is 5.22. The lowest BCUT2D eigenvalue weighted by atomic mass is 9.77. The summed E-state index contributed by atoms with van der Waals surface area (Å²) in [5, 5.41) is 0. The molecule has 4 N–H and O–H groups in total. The Morgan fingerprint density at radius 2 is 1.54 bits per heavy atom. The van der Waals surface area contributed by atoms with Crippen molar-refractivity contribution >= 4 is 17.8 Å². The van der Waals surface area contributed by atoms with E-state index < -0.39 is 0 Å². The predicted molar refractivity (Wildman–Crippen MR) is 99.8 cm³/mol. The number of rotatable bonds is 5. The molecule has 1 aromatic heterocycles. The number of piperidine rings is 1. The van der Waals surface area contributed by atoms with Gasteiger partial charge in [0, 0.05) is 23.7 Å². The lowest BCUT2D eigenvalue weighted by Crippen LogP contribution is -2.63. The van der Waals surface area contributed by atoms with Gasteiger partial charge in [-0.05, 0) is 54.0 Å². The van der Waals surface area contributed by atoms with Gasteiger partial charge in [-0.25, -0.2) is 0 Å². The third kappa shape index (κ3) is 3.88. The van der Waals surface area contributed by atoms with Gasteiger partial charge in [-0.15, -0.1) is 0 Å². The average Bonchev–Trinajstić information content (AvgIpc) is 2.43. The first-order chi connectivity index (χ1) is 11.1. The minimum atomic E-state index is 0.0982. The molecule has 1 aromatic rings. The lowest BCUT2D eigenvalue weighted by Gasteiger charge is -2.55. The molecule has 136 valence electrons. The Morgan fingerprint density at radius 3 is 2.00 bits per heavy atom. The van der Waals surface area contributed by atoms with Crippen molar-refractivity contribution < 1.29 is 0 Å². The van der Waals surface area contributed by atoms with Crippen molar-refractivity contribution in [2.75, 3.05) is 30.0 Å². The number of hydrogen-bond acceptors (Lipinski definition) is 7. The fraction of sp³-hybridized carbons (Fsp3) is 0.824. The van der Waals surface area contributed by atoms with Gasteiger partial charge in [0.1, 0.15) is 0 Å². The highest BCUT2D eigenvalue weighted by Gasteiger charge is 2.45. The maximum absolute atomic E-state index is 5.81. The first-order valence-electron chi connectivity index (χ1n) is 8.84. The van der Waals surface area contributed by atoms with Gasteiger partial charge in [0.2, 0.25) is 17.8 Å². The van der Waals surface area contributed by atoms with Crippen LogP contribution >= 0.6 is 0 Å². The normalized spacial score (nSPS) is 20.9. The molecule has 0 aromatic carbocycles. The summed E-state index contributed by atoms with van der Waals surface area (Å²) < 4.78 is 0. The van der Waals surface area contributed by atoms with Crippen molar-refractivity contribution in [1.82, 2.24) is 19.9 Å². The summed E-state index contributed by atoms with van der Waals surface area (Å²) in [5.74, 6) is 0.977. The third-order valence-corrected chi connectivity index (χ3v) is 5.39. The lowest BCUT2D eigenvalue weighted by molar-refractivity contribution is -0.0129. The van der Waals surface area contributed by atoms with Gasteiger partial charge in [0.05, 0.1) is 0 Å². The monoisotopic (exact) mass is 335 g/mol. The molecule has 24 heavy (non-hydrogen) atoms. The van der Waals surface area contributed by atoms with Crippen LogP contribution < -0.4 is 16.4 Å². The first kappa shape index (κ1) is 18.7. The summed E-state index contributed by atoms with van der Waals surface area (Å²) in [6, 6.07) is 0.346.